The van der Waals surface area contributed by atoms with Crippen LogP contribution in [0.25, 0.3) is 0 Å². The minimum absolute atomic E-state index is 0.0685. The molecule has 0 bridgehead atoms. The topological polar surface area (TPSA) is 246 Å². The third kappa shape index (κ3) is 24.4. The molecular weight excluding hydrogens is 1080 g/mol. The second-order valence-electron chi connectivity index (χ2n) is 17.7. The predicted octanol–water partition coefficient (Wildman–Crippen LogP) is 10.8. The molecule has 2 atom stereocenters. The van der Waals surface area contributed by atoms with E-state index in [0.29, 0.717) is 74.1 Å². The molecule has 0 aromatic heterocycles. The van der Waals surface area contributed by atoms with Crippen LogP contribution >= 0.6 is 15.9 Å². The van der Waals surface area contributed by atoms with Gasteiger partial charge in [-0.25, -0.2) is 19.2 Å². The van der Waals surface area contributed by atoms with Gasteiger partial charge in [-0.3, -0.25) is 19.2 Å². The quantitative estimate of drug-likeness (QED) is 0.0122. The van der Waals surface area contributed by atoms with E-state index < -0.39 is 48.3 Å². The molecule has 6 aromatic carbocycles. The summed E-state index contributed by atoms with van der Waals surface area (Å²) in [6, 6.07) is 48.4. The summed E-state index contributed by atoms with van der Waals surface area (Å²) < 4.78 is 21.0. The van der Waals surface area contributed by atoms with Gasteiger partial charge in [-0.1, -0.05) is 137 Å². The number of alkyl halides is 1. The molecule has 0 aliphatic heterocycles. The lowest BCUT2D eigenvalue weighted by molar-refractivity contribution is -0.119. The highest BCUT2D eigenvalue weighted by Gasteiger charge is 2.23. The molecule has 0 fully saturated rings. The van der Waals surface area contributed by atoms with E-state index in [4.69, 9.17) is 18.9 Å². The van der Waals surface area contributed by atoms with Crippen LogP contribution in [0.1, 0.15) is 88.4 Å². The summed E-state index contributed by atoms with van der Waals surface area (Å²) in [6.07, 6.45) is 0.359. The highest BCUT2D eigenvalue weighted by Crippen LogP contribution is 2.15. The van der Waals surface area contributed by atoms with Crippen LogP contribution in [0.15, 0.2) is 170 Å². The third-order valence-electron chi connectivity index (χ3n) is 11.6. The second kappa shape index (κ2) is 34.7. The second-order valence-corrected chi connectivity index (χ2v) is 18.3. The van der Waals surface area contributed by atoms with Gasteiger partial charge in [0, 0.05) is 35.6 Å². The SMILES string of the molecule is CC(=O)c1ccc(NC(=O)[C@H](CCCCNC(=O)OCc2ccccc2)NC(=O)OCc2ccccc2)cc1.O=C(NCCCC[C@H](NC(=O)OCc1ccccc1)C(=O)Nc1ccc(C(=O)CBr)cc1)OCc1ccccc1. The van der Waals surface area contributed by atoms with E-state index in [2.05, 4.69) is 47.8 Å². The Balaban J connectivity index is 0.000000291. The molecule has 0 radical (unpaired) electrons. The molecule has 0 aliphatic carbocycles. The summed E-state index contributed by atoms with van der Waals surface area (Å²) >= 11 is 3.14. The third-order valence-corrected chi connectivity index (χ3v) is 12.1. The number of carbonyl (C=O) groups is 8. The lowest BCUT2D eigenvalue weighted by atomic mass is 10.1. The first-order valence-electron chi connectivity index (χ1n) is 25.6. The number of carbonyl (C=O) groups excluding carboxylic acids is 8. The minimum Gasteiger partial charge on any atom is -0.445 e. The lowest BCUT2D eigenvalue weighted by Crippen LogP contribution is -2.44. The van der Waals surface area contributed by atoms with Gasteiger partial charge in [-0.15, -0.1) is 0 Å². The number of ketones is 2. The molecule has 0 heterocycles. The van der Waals surface area contributed by atoms with Crippen molar-refractivity contribution in [1.82, 2.24) is 21.3 Å². The maximum Gasteiger partial charge on any atom is 0.408 e. The lowest BCUT2D eigenvalue weighted by Gasteiger charge is -2.19. The number of benzene rings is 6. The Morgan fingerprint density at radius 2 is 0.722 bits per heavy atom. The summed E-state index contributed by atoms with van der Waals surface area (Å²) in [5.74, 6) is -0.994. The Kier molecular flexibility index (Phi) is 26.8. The maximum absolute atomic E-state index is 13.0. The fourth-order valence-electron chi connectivity index (χ4n) is 7.29. The molecule has 6 amide bonds. The van der Waals surface area contributed by atoms with Gasteiger partial charge >= 0.3 is 24.4 Å². The van der Waals surface area contributed by atoms with Crippen LogP contribution in [0.3, 0.4) is 0 Å². The highest BCUT2D eigenvalue weighted by atomic mass is 79.9. The molecule has 0 unspecified atom stereocenters. The molecule has 0 aliphatic rings. The number of Topliss-reactive ketones (excluding diaryl/α,β-unsaturated/α-hetero) is 2. The molecule has 79 heavy (non-hydrogen) atoms. The van der Waals surface area contributed by atoms with Crippen molar-refractivity contribution >= 4 is 75.1 Å². The van der Waals surface area contributed by atoms with Gasteiger partial charge in [0.2, 0.25) is 11.8 Å². The first-order valence-corrected chi connectivity index (χ1v) is 26.7. The Morgan fingerprint density at radius 3 is 1.04 bits per heavy atom. The highest BCUT2D eigenvalue weighted by molar-refractivity contribution is 9.09. The van der Waals surface area contributed by atoms with Gasteiger partial charge in [0.25, 0.3) is 0 Å². The molecule has 18 nitrogen and oxygen atoms in total. The number of unbranched alkanes of at least 4 members (excludes halogenated alkanes) is 2. The van der Waals surface area contributed by atoms with Crippen LogP contribution in [-0.4, -0.2) is 78.3 Å². The largest absolute Gasteiger partial charge is 0.445 e. The number of rotatable bonds is 27. The van der Waals surface area contributed by atoms with Gasteiger partial charge in [0.1, 0.15) is 38.5 Å². The van der Waals surface area contributed by atoms with Crippen molar-refractivity contribution in [3.05, 3.63) is 203 Å². The van der Waals surface area contributed by atoms with E-state index in [-0.39, 0.29) is 43.3 Å². The zero-order valence-electron chi connectivity index (χ0n) is 43.8. The van der Waals surface area contributed by atoms with E-state index in [9.17, 15) is 38.4 Å². The van der Waals surface area contributed by atoms with Crippen molar-refractivity contribution < 1.29 is 57.3 Å². The monoisotopic (exact) mass is 1140 g/mol. The van der Waals surface area contributed by atoms with Crippen LogP contribution in [0, 0.1) is 0 Å². The molecular formula is C60H65BrN6O12. The number of hydrogen-bond donors (Lipinski definition) is 6. The molecule has 6 N–H and O–H groups in total. The van der Waals surface area contributed by atoms with E-state index in [1.54, 1.807) is 48.5 Å². The molecule has 0 saturated carbocycles. The summed E-state index contributed by atoms with van der Waals surface area (Å²) in [5, 5.41) is 16.4. The molecule has 6 rings (SSSR count). The van der Waals surface area contributed by atoms with Crippen molar-refractivity contribution in [3.63, 3.8) is 0 Å². The smallest absolute Gasteiger partial charge is 0.408 e. The first kappa shape index (κ1) is 61.0. The van der Waals surface area contributed by atoms with Crippen LogP contribution < -0.4 is 31.9 Å². The average molecular weight is 1140 g/mol. The zero-order chi connectivity index (χ0) is 56.5. The molecule has 414 valence electrons. The summed E-state index contributed by atoms with van der Waals surface area (Å²) in [6.45, 7) is 2.66. The number of ether oxygens (including phenoxy) is 4. The summed E-state index contributed by atoms with van der Waals surface area (Å²) in [5.41, 5.74) is 5.46. The minimum atomic E-state index is -0.878. The fourth-order valence-corrected chi connectivity index (χ4v) is 7.62. The number of anilines is 2. The summed E-state index contributed by atoms with van der Waals surface area (Å²) in [7, 11) is 0. The standard InChI is InChI=1S/C30H32BrN3O6.C30H33N3O6/c31-19-27(35)24-14-16-25(17-15-24)33-28(36)26(34-30(38)40-21-23-11-5-2-6-12-23)13-7-8-18-32-29(37)39-20-22-9-3-1-4-10-22;1-22(34)25-15-17-26(18-16-25)32-28(35)27(33-30(37)39-21-24-12-6-3-7-13-24)14-8-9-19-31-29(36)38-20-23-10-4-2-5-11-23/h1-6,9-12,14-17,26H,7-8,13,18-21H2,(H,32,37)(H,33,36)(H,34,38);2-7,10-13,15-18,27H,8-9,14,19-21H2,1H3,(H,31,36)(H,32,35)(H,33,37)/t26-;27-/m00/s1. The van der Waals surface area contributed by atoms with Crippen molar-refractivity contribution in [1.29, 1.82) is 0 Å². The van der Waals surface area contributed by atoms with Gasteiger partial charge in [0.15, 0.2) is 11.6 Å². The van der Waals surface area contributed by atoms with E-state index >= 15 is 0 Å². The Morgan fingerprint density at radius 1 is 0.405 bits per heavy atom. The van der Waals surface area contributed by atoms with Crippen molar-refractivity contribution in [3.8, 4) is 0 Å². The number of amides is 6. The molecule has 0 spiro atoms. The number of halogens is 1. The van der Waals surface area contributed by atoms with Gasteiger partial charge in [0.05, 0.1) is 5.33 Å². The zero-order valence-corrected chi connectivity index (χ0v) is 45.4. The van der Waals surface area contributed by atoms with E-state index in [0.717, 1.165) is 22.3 Å². The Labute approximate surface area is 467 Å². The summed E-state index contributed by atoms with van der Waals surface area (Å²) in [4.78, 5) is 98.2. The number of nitrogens with one attached hydrogen (secondary N) is 6. The van der Waals surface area contributed by atoms with Crippen molar-refractivity contribution in [2.24, 2.45) is 0 Å². The van der Waals surface area contributed by atoms with E-state index in [1.807, 2.05) is 121 Å². The van der Waals surface area contributed by atoms with Gasteiger partial charge in [-0.05, 0) is 116 Å². The molecule has 0 saturated heterocycles. The normalized spacial score (nSPS) is 11.1. The van der Waals surface area contributed by atoms with Gasteiger partial charge < -0.3 is 50.8 Å². The fraction of sp³-hybridized carbons (Fsp3) is 0.267. The van der Waals surface area contributed by atoms with Crippen LogP contribution in [0.5, 0.6) is 0 Å². The first-order chi connectivity index (χ1) is 38.3. The maximum atomic E-state index is 13.0. The van der Waals surface area contributed by atoms with Crippen LogP contribution in [0.4, 0.5) is 30.6 Å². The predicted molar refractivity (Wildman–Crippen MR) is 302 cm³/mol. The molecule has 6 aromatic rings. The number of alkyl carbamates (subject to hydrolysis) is 4. The molecule has 19 heteroatoms. The average Bonchev–Trinajstić information content (AvgIpc) is 3.47. The Bertz CT molecular complexity index is 2850. The van der Waals surface area contributed by atoms with Crippen LogP contribution in [0.2, 0.25) is 0 Å². The Hall–Kier alpha value is -8.84. The number of hydrogen-bond acceptors (Lipinski definition) is 12. The van der Waals surface area contributed by atoms with Gasteiger partial charge in [-0.2, -0.15) is 0 Å². The van der Waals surface area contributed by atoms with Crippen molar-refractivity contribution in [2.75, 3.05) is 29.1 Å². The van der Waals surface area contributed by atoms with Crippen LogP contribution in [-0.2, 0) is 55.0 Å². The van der Waals surface area contributed by atoms with Crippen molar-refractivity contribution in [2.45, 2.75) is 84.0 Å². The van der Waals surface area contributed by atoms with E-state index in [1.165, 1.54) is 6.92 Å².